The number of hydrogen-bond donors (Lipinski definition) is 1. The first-order chi connectivity index (χ1) is 13.3. The number of nitrogens with one attached hydrogen (secondary N) is 1. The van der Waals surface area contributed by atoms with Gasteiger partial charge in [0.2, 0.25) is 5.91 Å². The summed E-state index contributed by atoms with van der Waals surface area (Å²) in [5.74, 6) is -1.16. The van der Waals surface area contributed by atoms with Crippen molar-refractivity contribution in [2.45, 2.75) is 32.3 Å². The van der Waals surface area contributed by atoms with E-state index >= 15 is 0 Å². The maximum absolute atomic E-state index is 14.9. The van der Waals surface area contributed by atoms with Gasteiger partial charge in [0.1, 0.15) is 11.9 Å². The second-order valence-corrected chi connectivity index (χ2v) is 7.32. The standard InChI is InChI=1S/C20H24FN3O4/c1-12(25)22-9-16-11-24(20(27)28-16)15-7-13-5-4-6-14(10-23(2)3)19(26)18(13)17(21)8-15/h7-8,10,16H,4-6,9,11H2,1-3H3,(H,22,25)/b14-10+/t16-/m0/s1. The topological polar surface area (TPSA) is 79.0 Å². The monoisotopic (exact) mass is 389 g/mol. The average Bonchev–Trinajstić information content (AvgIpc) is 2.91. The predicted molar refractivity (Wildman–Crippen MR) is 102 cm³/mol. The Hall–Kier alpha value is -2.90. The van der Waals surface area contributed by atoms with Gasteiger partial charge in [-0.1, -0.05) is 0 Å². The number of benzene rings is 1. The molecule has 150 valence electrons. The smallest absolute Gasteiger partial charge is 0.414 e. The molecule has 1 aromatic carbocycles. The molecular formula is C20H24FN3O4. The zero-order valence-electron chi connectivity index (χ0n) is 16.3. The Morgan fingerprint density at radius 1 is 1.36 bits per heavy atom. The van der Waals surface area contributed by atoms with E-state index in [9.17, 15) is 18.8 Å². The summed E-state index contributed by atoms with van der Waals surface area (Å²) < 4.78 is 20.1. The van der Waals surface area contributed by atoms with Gasteiger partial charge in [-0.2, -0.15) is 0 Å². The van der Waals surface area contributed by atoms with Crippen molar-refractivity contribution >= 4 is 23.5 Å². The quantitative estimate of drug-likeness (QED) is 0.631. The Balaban J connectivity index is 1.88. The SMILES string of the molecule is CC(=O)NC[C@H]1CN(c2cc(F)c3c(c2)CCC/C(=C\N(C)C)C3=O)C(=O)O1. The van der Waals surface area contributed by atoms with Crippen molar-refractivity contribution in [2.24, 2.45) is 0 Å². The van der Waals surface area contributed by atoms with Crippen molar-refractivity contribution in [1.29, 1.82) is 0 Å². The molecule has 1 saturated heterocycles. The van der Waals surface area contributed by atoms with Gasteiger partial charge in [0, 0.05) is 32.8 Å². The molecule has 0 saturated carbocycles. The molecule has 1 fully saturated rings. The van der Waals surface area contributed by atoms with Gasteiger partial charge in [0.05, 0.1) is 24.3 Å². The number of amides is 2. The number of carbonyl (C=O) groups excluding carboxylic acids is 3. The van der Waals surface area contributed by atoms with Gasteiger partial charge in [-0.3, -0.25) is 14.5 Å². The number of Topliss-reactive ketones (excluding diaryl/α,β-unsaturated/α-hetero) is 1. The van der Waals surface area contributed by atoms with Crippen LogP contribution in [0.2, 0.25) is 0 Å². The van der Waals surface area contributed by atoms with Gasteiger partial charge in [-0.05, 0) is 37.0 Å². The van der Waals surface area contributed by atoms with Crippen molar-refractivity contribution in [3.05, 3.63) is 40.8 Å². The van der Waals surface area contributed by atoms with E-state index in [-0.39, 0.29) is 30.3 Å². The van der Waals surface area contributed by atoms with Gasteiger partial charge in [-0.15, -0.1) is 0 Å². The summed E-state index contributed by atoms with van der Waals surface area (Å²) in [4.78, 5) is 39.2. The van der Waals surface area contributed by atoms with E-state index in [0.717, 1.165) is 6.42 Å². The number of allylic oxidation sites excluding steroid dienone is 1. The van der Waals surface area contributed by atoms with Gasteiger partial charge < -0.3 is 15.0 Å². The molecule has 28 heavy (non-hydrogen) atoms. The molecule has 0 unspecified atom stereocenters. The zero-order chi connectivity index (χ0) is 20.4. The zero-order valence-corrected chi connectivity index (χ0v) is 16.3. The van der Waals surface area contributed by atoms with Crippen molar-refractivity contribution < 1.29 is 23.5 Å². The molecule has 2 amide bonds. The number of aryl methyl sites for hydroxylation is 1. The van der Waals surface area contributed by atoms with Crippen LogP contribution in [0.5, 0.6) is 0 Å². The van der Waals surface area contributed by atoms with Crippen molar-refractivity contribution in [3.8, 4) is 0 Å². The van der Waals surface area contributed by atoms with Gasteiger partial charge in [-0.25, -0.2) is 9.18 Å². The molecule has 1 heterocycles. The number of ether oxygens (including phenoxy) is 1. The molecule has 0 spiro atoms. The van der Waals surface area contributed by atoms with Crippen molar-refractivity contribution in [2.75, 3.05) is 32.1 Å². The first-order valence-electron chi connectivity index (χ1n) is 9.23. The van der Waals surface area contributed by atoms with Crippen LogP contribution in [0.4, 0.5) is 14.9 Å². The number of rotatable bonds is 4. The van der Waals surface area contributed by atoms with Crippen LogP contribution >= 0.6 is 0 Å². The molecule has 0 bridgehead atoms. The second kappa shape index (κ2) is 8.00. The third-order valence-electron chi connectivity index (χ3n) is 4.75. The summed E-state index contributed by atoms with van der Waals surface area (Å²) in [6.07, 6.45) is 2.48. The minimum Gasteiger partial charge on any atom is -0.442 e. The summed E-state index contributed by atoms with van der Waals surface area (Å²) >= 11 is 0. The molecule has 1 aliphatic heterocycles. The lowest BCUT2D eigenvalue weighted by Gasteiger charge is -2.17. The van der Waals surface area contributed by atoms with E-state index in [2.05, 4.69) is 5.32 Å². The van der Waals surface area contributed by atoms with E-state index in [1.54, 1.807) is 17.2 Å². The molecule has 8 heteroatoms. The highest BCUT2D eigenvalue weighted by molar-refractivity contribution is 6.10. The van der Waals surface area contributed by atoms with Crippen LogP contribution in [0, 0.1) is 5.82 Å². The predicted octanol–water partition coefficient (Wildman–Crippen LogP) is 2.25. The number of carbonyl (C=O) groups is 3. The molecule has 1 N–H and O–H groups in total. The number of anilines is 1. The van der Waals surface area contributed by atoms with Crippen LogP contribution in [0.1, 0.15) is 35.7 Å². The van der Waals surface area contributed by atoms with Gasteiger partial charge in [0.25, 0.3) is 0 Å². The second-order valence-electron chi connectivity index (χ2n) is 7.32. The third-order valence-corrected chi connectivity index (χ3v) is 4.75. The Bertz CT molecular complexity index is 850. The summed E-state index contributed by atoms with van der Waals surface area (Å²) in [6, 6.07) is 2.90. The molecular weight excluding hydrogens is 365 g/mol. The molecule has 2 aliphatic rings. The Kier molecular flexibility index (Phi) is 5.67. The molecule has 0 aromatic heterocycles. The number of cyclic esters (lactones) is 1. The fourth-order valence-electron chi connectivity index (χ4n) is 3.53. The summed E-state index contributed by atoms with van der Waals surface area (Å²) in [5, 5.41) is 2.60. The van der Waals surface area contributed by atoms with Crippen LogP contribution in [0.3, 0.4) is 0 Å². The number of hydrogen-bond acceptors (Lipinski definition) is 5. The highest BCUT2D eigenvalue weighted by atomic mass is 19.1. The highest BCUT2D eigenvalue weighted by Gasteiger charge is 2.34. The summed E-state index contributed by atoms with van der Waals surface area (Å²) in [6.45, 7) is 1.78. The fraction of sp³-hybridized carbons (Fsp3) is 0.450. The molecule has 1 aromatic rings. The van der Waals surface area contributed by atoms with Crippen LogP contribution in [0.25, 0.3) is 0 Å². The molecule has 3 rings (SSSR count). The van der Waals surface area contributed by atoms with Crippen molar-refractivity contribution in [3.63, 3.8) is 0 Å². The lowest BCUT2D eigenvalue weighted by molar-refractivity contribution is -0.119. The average molecular weight is 389 g/mol. The minimum absolute atomic E-state index is 0.0803. The van der Waals surface area contributed by atoms with E-state index in [1.165, 1.54) is 17.9 Å². The number of nitrogens with zero attached hydrogens (tertiary/aromatic N) is 2. The molecule has 1 aliphatic carbocycles. The highest BCUT2D eigenvalue weighted by Crippen LogP contribution is 2.32. The van der Waals surface area contributed by atoms with Gasteiger partial charge >= 0.3 is 6.09 Å². The van der Waals surface area contributed by atoms with E-state index in [1.807, 2.05) is 14.1 Å². The number of fused-ring (bicyclic) bond motifs is 1. The normalized spacial score (nSPS) is 20.6. The van der Waals surface area contributed by atoms with Crippen molar-refractivity contribution in [1.82, 2.24) is 10.2 Å². The van der Waals surface area contributed by atoms with Crippen LogP contribution in [-0.2, 0) is 16.0 Å². The maximum atomic E-state index is 14.9. The summed E-state index contributed by atoms with van der Waals surface area (Å²) in [7, 11) is 3.64. The Morgan fingerprint density at radius 3 is 2.79 bits per heavy atom. The lowest BCUT2D eigenvalue weighted by atomic mass is 9.98. The number of halogens is 1. The van der Waals surface area contributed by atoms with E-state index in [0.29, 0.717) is 29.7 Å². The number of ketones is 1. The van der Waals surface area contributed by atoms with E-state index in [4.69, 9.17) is 4.74 Å². The van der Waals surface area contributed by atoms with E-state index < -0.39 is 18.0 Å². The third kappa shape index (κ3) is 4.16. The minimum atomic E-state index is -0.637. The lowest BCUT2D eigenvalue weighted by Crippen LogP contribution is -2.33. The van der Waals surface area contributed by atoms with Crippen LogP contribution < -0.4 is 10.2 Å². The van der Waals surface area contributed by atoms with Gasteiger partial charge in [0.15, 0.2) is 5.78 Å². The summed E-state index contributed by atoms with van der Waals surface area (Å²) in [5.41, 5.74) is 1.61. The largest absolute Gasteiger partial charge is 0.442 e. The van der Waals surface area contributed by atoms with Crippen LogP contribution in [0.15, 0.2) is 23.9 Å². The first kappa shape index (κ1) is 19.9. The maximum Gasteiger partial charge on any atom is 0.414 e. The Labute approximate surface area is 163 Å². The first-order valence-corrected chi connectivity index (χ1v) is 9.23. The molecule has 0 radical (unpaired) electrons. The van der Waals surface area contributed by atoms with Crippen LogP contribution in [-0.4, -0.2) is 56.0 Å². The molecule has 1 atom stereocenters. The Morgan fingerprint density at radius 2 is 2.11 bits per heavy atom. The fourth-order valence-corrected chi connectivity index (χ4v) is 3.53. The molecule has 7 nitrogen and oxygen atoms in total.